The molecular formula is C14H18FN5O. The Morgan fingerprint density at radius 1 is 1.48 bits per heavy atom. The molecule has 0 bridgehead atoms. The quantitative estimate of drug-likeness (QED) is 0.762. The largest absolute Gasteiger partial charge is 0.382 e. The minimum absolute atomic E-state index is 0.224. The first-order valence-corrected chi connectivity index (χ1v) is 6.82. The van der Waals surface area contributed by atoms with E-state index in [9.17, 15) is 9.18 Å². The summed E-state index contributed by atoms with van der Waals surface area (Å²) in [4.78, 5) is 16.3. The Bertz CT molecular complexity index is 599. The molecule has 1 aromatic heterocycles. The minimum Gasteiger partial charge on any atom is -0.382 e. The van der Waals surface area contributed by atoms with E-state index in [0.29, 0.717) is 12.4 Å². The molecule has 0 saturated carbocycles. The molecule has 1 unspecified atom stereocenters. The maximum atomic E-state index is 13.9. The summed E-state index contributed by atoms with van der Waals surface area (Å²) < 4.78 is 13.9. The Morgan fingerprint density at radius 2 is 2.29 bits per heavy atom. The molecule has 0 spiro atoms. The van der Waals surface area contributed by atoms with Crippen molar-refractivity contribution in [3.05, 3.63) is 41.7 Å². The molecule has 0 aliphatic heterocycles. The third-order valence-corrected chi connectivity index (χ3v) is 3.00. The average Bonchev–Trinajstić information content (AvgIpc) is 3.00. The second kappa shape index (κ2) is 6.83. The van der Waals surface area contributed by atoms with Crippen LogP contribution in [0.2, 0.25) is 0 Å². The normalized spacial score (nSPS) is 12.0. The van der Waals surface area contributed by atoms with E-state index in [1.807, 2.05) is 6.92 Å². The number of hydrogen-bond acceptors (Lipinski definition) is 4. The van der Waals surface area contributed by atoms with E-state index in [4.69, 9.17) is 0 Å². The molecule has 7 heteroatoms. The molecule has 1 aromatic carbocycles. The molecule has 0 aliphatic rings. The lowest BCUT2D eigenvalue weighted by atomic mass is 10.1. The van der Waals surface area contributed by atoms with Gasteiger partial charge in [0.1, 0.15) is 18.0 Å². The SMILES string of the molecule is CCCNc1c(F)cccc1C(=O)NC(C)c1ncn[nH]1. The van der Waals surface area contributed by atoms with Crippen LogP contribution in [0.4, 0.5) is 10.1 Å². The van der Waals surface area contributed by atoms with Gasteiger partial charge in [-0.1, -0.05) is 13.0 Å². The van der Waals surface area contributed by atoms with Crippen LogP contribution in [0.5, 0.6) is 0 Å². The Labute approximate surface area is 122 Å². The lowest BCUT2D eigenvalue weighted by molar-refractivity contribution is 0.0938. The van der Waals surface area contributed by atoms with Crippen LogP contribution in [0.3, 0.4) is 0 Å². The molecule has 112 valence electrons. The van der Waals surface area contributed by atoms with E-state index in [2.05, 4.69) is 25.8 Å². The molecule has 0 saturated heterocycles. The van der Waals surface area contributed by atoms with E-state index >= 15 is 0 Å². The number of para-hydroxylation sites is 1. The third kappa shape index (κ3) is 3.56. The molecule has 21 heavy (non-hydrogen) atoms. The van der Waals surface area contributed by atoms with Crippen LogP contribution in [0.1, 0.15) is 42.5 Å². The monoisotopic (exact) mass is 291 g/mol. The first kappa shape index (κ1) is 15.0. The maximum absolute atomic E-state index is 13.9. The fourth-order valence-corrected chi connectivity index (χ4v) is 1.91. The zero-order valence-electron chi connectivity index (χ0n) is 12.0. The highest BCUT2D eigenvalue weighted by molar-refractivity contribution is 5.99. The van der Waals surface area contributed by atoms with E-state index in [0.717, 1.165) is 6.42 Å². The second-order valence-corrected chi connectivity index (χ2v) is 4.66. The summed E-state index contributed by atoms with van der Waals surface area (Å²) >= 11 is 0. The number of aromatic nitrogens is 3. The van der Waals surface area contributed by atoms with Crippen molar-refractivity contribution in [2.75, 3.05) is 11.9 Å². The Morgan fingerprint density at radius 3 is 2.95 bits per heavy atom. The molecule has 0 fully saturated rings. The maximum Gasteiger partial charge on any atom is 0.254 e. The van der Waals surface area contributed by atoms with Gasteiger partial charge in [0.25, 0.3) is 5.91 Å². The summed E-state index contributed by atoms with van der Waals surface area (Å²) in [6.45, 7) is 4.34. The van der Waals surface area contributed by atoms with Crippen LogP contribution in [0.15, 0.2) is 24.5 Å². The van der Waals surface area contributed by atoms with Gasteiger partial charge in [-0.15, -0.1) is 0 Å². The van der Waals surface area contributed by atoms with Crippen molar-refractivity contribution >= 4 is 11.6 Å². The van der Waals surface area contributed by atoms with Gasteiger partial charge in [0, 0.05) is 6.54 Å². The van der Waals surface area contributed by atoms with E-state index in [-0.39, 0.29) is 23.2 Å². The smallest absolute Gasteiger partial charge is 0.254 e. The molecular weight excluding hydrogens is 273 g/mol. The lowest BCUT2D eigenvalue weighted by Gasteiger charge is -2.15. The van der Waals surface area contributed by atoms with Crippen molar-refractivity contribution in [2.45, 2.75) is 26.3 Å². The molecule has 0 radical (unpaired) electrons. The Hall–Kier alpha value is -2.44. The first-order chi connectivity index (χ1) is 10.1. The van der Waals surface area contributed by atoms with Gasteiger partial charge >= 0.3 is 0 Å². The van der Waals surface area contributed by atoms with Crippen LogP contribution in [-0.4, -0.2) is 27.6 Å². The molecule has 1 atom stereocenters. The predicted molar refractivity (Wildman–Crippen MR) is 77.4 cm³/mol. The van der Waals surface area contributed by atoms with Crippen LogP contribution >= 0.6 is 0 Å². The Balaban J connectivity index is 2.17. The minimum atomic E-state index is -0.441. The number of benzene rings is 1. The van der Waals surface area contributed by atoms with Gasteiger partial charge in [0.2, 0.25) is 0 Å². The summed E-state index contributed by atoms with van der Waals surface area (Å²) in [5, 5.41) is 12.1. The number of amides is 1. The van der Waals surface area contributed by atoms with Crippen molar-refractivity contribution in [1.82, 2.24) is 20.5 Å². The fraction of sp³-hybridized carbons (Fsp3) is 0.357. The zero-order valence-corrected chi connectivity index (χ0v) is 12.0. The highest BCUT2D eigenvalue weighted by Crippen LogP contribution is 2.20. The van der Waals surface area contributed by atoms with E-state index in [1.165, 1.54) is 18.5 Å². The van der Waals surface area contributed by atoms with E-state index in [1.54, 1.807) is 13.0 Å². The number of rotatable bonds is 6. The number of nitrogens with one attached hydrogen (secondary N) is 3. The molecule has 3 N–H and O–H groups in total. The third-order valence-electron chi connectivity index (χ3n) is 3.00. The summed E-state index contributed by atoms with van der Waals surface area (Å²) in [5.41, 5.74) is 0.497. The number of nitrogens with zero attached hydrogens (tertiary/aromatic N) is 2. The predicted octanol–water partition coefficient (Wildman–Crippen LogP) is 2.26. The van der Waals surface area contributed by atoms with Crippen LogP contribution in [0, 0.1) is 5.82 Å². The molecule has 1 heterocycles. The average molecular weight is 291 g/mol. The topological polar surface area (TPSA) is 82.7 Å². The van der Waals surface area contributed by atoms with Gasteiger partial charge in [0.05, 0.1) is 17.3 Å². The van der Waals surface area contributed by atoms with Crippen LogP contribution < -0.4 is 10.6 Å². The summed E-state index contributed by atoms with van der Waals surface area (Å²) in [5.74, 6) is -0.261. The summed E-state index contributed by atoms with van der Waals surface area (Å²) in [6, 6.07) is 4.08. The van der Waals surface area contributed by atoms with Crippen LogP contribution in [-0.2, 0) is 0 Å². The number of aromatic amines is 1. The molecule has 0 aliphatic carbocycles. The van der Waals surface area contributed by atoms with Crippen LogP contribution in [0.25, 0.3) is 0 Å². The number of carbonyl (C=O) groups excluding carboxylic acids is 1. The van der Waals surface area contributed by atoms with E-state index < -0.39 is 5.82 Å². The fourth-order valence-electron chi connectivity index (χ4n) is 1.91. The van der Waals surface area contributed by atoms with Crippen molar-refractivity contribution in [2.24, 2.45) is 0 Å². The standard InChI is InChI=1S/C14H18FN5O/c1-3-7-16-12-10(5-4-6-11(12)15)14(21)19-9(2)13-17-8-18-20-13/h4-6,8-9,16H,3,7H2,1-2H3,(H,19,21)(H,17,18,20). The lowest BCUT2D eigenvalue weighted by Crippen LogP contribution is -2.28. The highest BCUT2D eigenvalue weighted by Gasteiger charge is 2.18. The van der Waals surface area contributed by atoms with Gasteiger partial charge in [-0.25, -0.2) is 9.37 Å². The number of carbonyl (C=O) groups is 1. The second-order valence-electron chi connectivity index (χ2n) is 4.66. The van der Waals surface area contributed by atoms with Crippen molar-refractivity contribution in [3.8, 4) is 0 Å². The van der Waals surface area contributed by atoms with Gasteiger partial charge in [0.15, 0.2) is 0 Å². The number of halogens is 1. The van der Waals surface area contributed by atoms with Crippen molar-refractivity contribution in [3.63, 3.8) is 0 Å². The zero-order chi connectivity index (χ0) is 15.2. The molecule has 2 aromatic rings. The number of hydrogen-bond donors (Lipinski definition) is 3. The number of anilines is 1. The highest BCUT2D eigenvalue weighted by atomic mass is 19.1. The van der Waals surface area contributed by atoms with Gasteiger partial charge < -0.3 is 10.6 Å². The summed E-state index contributed by atoms with van der Waals surface area (Å²) in [6.07, 6.45) is 2.21. The molecule has 2 rings (SSSR count). The Kier molecular flexibility index (Phi) is 4.86. The van der Waals surface area contributed by atoms with Gasteiger partial charge in [-0.3, -0.25) is 9.89 Å². The van der Waals surface area contributed by atoms with Gasteiger partial charge in [-0.05, 0) is 25.5 Å². The molecule has 6 nitrogen and oxygen atoms in total. The summed E-state index contributed by atoms with van der Waals surface area (Å²) in [7, 11) is 0. The number of H-pyrrole nitrogens is 1. The van der Waals surface area contributed by atoms with Crippen molar-refractivity contribution < 1.29 is 9.18 Å². The van der Waals surface area contributed by atoms with Crippen molar-refractivity contribution in [1.29, 1.82) is 0 Å². The first-order valence-electron chi connectivity index (χ1n) is 6.82. The molecule has 1 amide bonds. The van der Waals surface area contributed by atoms with Gasteiger partial charge in [-0.2, -0.15) is 5.10 Å².